The van der Waals surface area contributed by atoms with Crippen molar-refractivity contribution in [2.45, 2.75) is 51.0 Å². The van der Waals surface area contributed by atoms with Gasteiger partial charge in [0, 0.05) is 16.1 Å². The van der Waals surface area contributed by atoms with E-state index in [0.29, 0.717) is 6.04 Å². The third kappa shape index (κ3) is 4.37. The monoisotopic (exact) mass is 299 g/mol. The number of benzene rings is 1. The first-order valence-corrected chi connectivity index (χ1v) is 8.07. The van der Waals surface area contributed by atoms with Crippen molar-refractivity contribution in [2.75, 3.05) is 7.05 Å². The third-order valence-corrected chi connectivity index (χ3v) is 4.89. The summed E-state index contributed by atoms with van der Waals surface area (Å²) >= 11 is 12.4. The number of rotatable bonds is 4. The molecule has 0 bridgehead atoms. The Labute approximate surface area is 126 Å². The average molecular weight is 300 g/mol. The van der Waals surface area contributed by atoms with E-state index in [4.69, 9.17) is 23.2 Å². The molecule has 1 aromatic carbocycles. The lowest BCUT2D eigenvalue weighted by molar-refractivity contribution is 0.332. The fraction of sp³-hybridized carbons (Fsp3) is 0.625. The molecule has 0 spiro atoms. The molecule has 0 aliphatic heterocycles. The van der Waals surface area contributed by atoms with Crippen molar-refractivity contribution in [1.82, 2.24) is 5.32 Å². The summed E-state index contributed by atoms with van der Waals surface area (Å²) in [5.74, 6) is 0.766. The van der Waals surface area contributed by atoms with Gasteiger partial charge in [-0.05, 0) is 56.0 Å². The molecule has 0 aromatic heterocycles. The molecule has 19 heavy (non-hydrogen) atoms. The highest BCUT2D eigenvalue weighted by Gasteiger charge is 2.22. The molecule has 0 amide bonds. The minimum absolute atomic E-state index is 0.508. The normalized spacial score (nSPS) is 19.1. The van der Waals surface area contributed by atoms with Gasteiger partial charge < -0.3 is 5.32 Å². The maximum absolute atomic E-state index is 6.28. The lowest BCUT2D eigenvalue weighted by Gasteiger charge is -2.26. The van der Waals surface area contributed by atoms with E-state index in [1.54, 1.807) is 0 Å². The van der Waals surface area contributed by atoms with E-state index in [2.05, 4.69) is 12.4 Å². The summed E-state index contributed by atoms with van der Waals surface area (Å²) in [4.78, 5) is 0. The Kier molecular flexibility index (Phi) is 6.00. The Morgan fingerprint density at radius 3 is 2.47 bits per heavy atom. The SMILES string of the molecule is CNC(Cc1cc(Cl)ccc1Cl)C1CCCCCC1. The lowest BCUT2D eigenvalue weighted by atomic mass is 9.88. The van der Waals surface area contributed by atoms with Crippen molar-refractivity contribution < 1.29 is 0 Å². The predicted octanol–water partition coefficient (Wildman–Crippen LogP) is 5.09. The molecule has 1 aliphatic rings. The molecule has 0 heterocycles. The van der Waals surface area contributed by atoms with Gasteiger partial charge in [-0.2, -0.15) is 0 Å². The maximum Gasteiger partial charge on any atom is 0.0439 e. The first-order valence-electron chi connectivity index (χ1n) is 7.32. The molecule has 1 nitrogen and oxygen atoms in total. The second kappa shape index (κ2) is 7.52. The van der Waals surface area contributed by atoms with Crippen LogP contribution in [0, 0.1) is 5.92 Å². The van der Waals surface area contributed by atoms with Gasteiger partial charge in [-0.15, -0.1) is 0 Å². The number of likely N-dealkylation sites (N-methyl/N-ethyl adjacent to an activating group) is 1. The topological polar surface area (TPSA) is 12.0 Å². The van der Waals surface area contributed by atoms with Crippen LogP contribution in [-0.4, -0.2) is 13.1 Å². The van der Waals surface area contributed by atoms with Gasteiger partial charge >= 0.3 is 0 Å². The summed E-state index contributed by atoms with van der Waals surface area (Å²) < 4.78 is 0. The van der Waals surface area contributed by atoms with Crippen molar-refractivity contribution >= 4 is 23.2 Å². The quantitative estimate of drug-likeness (QED) is 0.763. The molecule has 1 fully saturated rings. The first kappa shape index (κ1) is 15.2. The predicted molar refractivity (Wildman–Crippen MR) is 84.2 cm³/mol. The highest BCUT2D eigenvalue weighted by Crippen LogP contribution is 2.29. The number of hydrogen-bond acceptors (Lipinski definition) is 1. The molecule has 0 saturated heterocycles. The molecule has 1 unspecified atom stereocenters. The van der Waals surface area contributed by atoms with E-state index >= 15 is 0 Å². The van der Waals surface area contributed by atoms with E-state index in [1.807, 2.05) is 18.2 Å². The zero-order valence-electron chi connectivity index (χ0n) is 11.6. The molecule has 106 valence electrons. The van der Waals surface area contributed by atoms with Crippen LogP contribution in [0.2, 0.25) is 10.0 Å². The summed E-state index contributed by atoms with van der Waals surface area (Å²) in [6.07, 6.45) is 9.17. The summed E-state index contributed by atoms with van der Waals surface area (Å²) in [5, 5.41) is 5.10. The van der Waals surface area contributed by atoms with Crippen molar-refractivity contribution in [1.29, 1.82) is 0 Å². The lowest BCUT2D eigenvalue weighted by Crippen LogP contribution is -2.35. The van der Waals surface area contributed by atoms with Crippen LogP contribution in [0.1, 0.15) is 44.1 Å². The molecule has 0 radical (unpaired) electrons. The van der Waals surface area contributed by atoms with Crippen molar-refractivity contribution in [3.8, 4) is 0 Å². The molecular weight excluding hydrogens is 277 g/mol. The van der Waals surface area contributed by atoms with Crippen LogP contribution in [-0.2, 0) is 6.42 Å². The van der Waals surface area contributed by atoms with Gasteiger partial charge in [0.2, 0.25) is 0 Å². The Bertz CT molecular complexity index is 398. The van der Waals surface area contributed by atoms with Crippen LogP contribution < -0.4 is 5.32 Å². The molecule has 2 rings (SSSR count). The van der Waals surface area contributed by atoms with Gasteiger partial charge in [0.05, 0.1) is 0 Å². The average Bonchev–Trinajstić information content (AvgIpc) is 2.68. The number of halogens is 2. The number of hydrogen-bond donors (Lipinski definition) is 1. The Morgan fingerprint density at radius 2 is 1.84 bits per heavy atom. The second-order valence-electron chi connectivity index (χ2n) is 5.59. The van der Waals surface area contributed by atoms with Crippen LogP contribution in [0.4, 0.5) is 0 Å². The first-order chi connectivity index (χ1) is 9.20. The van der Waals surface area contributed by atoms with E-state index in [1.165, 1.54) is 38.5 Å². The molecule has 3 heteroatoms. The Balaban J connectivity index is 2.07. The molecule has 1 aromatic rings. The van der Waals surface area contributed by atoms with Crippen LogP contribution in [0.15, 0.2) is 18.2 Å². The minimum atomic E-state index is 0.508. The summed E-state index contributed by atoms with van der Waals surface area (Å²) in [7, 11) is 2.06. The molecule has 1 aliphatic carbocycles. The molecule has 1 N–H and O–H groups in total. The maximum atomic E-state index is 6.28. The smallest absolute Gasteiger partial charge is 0.0439 e. The van der Waals surface area contributed by atoms with Crippen LogP contribution >= 0.6 is 23.2 Å². The summed E-state index contributed by atoms with van der Waals surface area (Å²) in [5.41, 5.74) is 1.16. The number of nitrogens with one attached hydrogen (secondary N) is 1. The van der Waals surface area contributed by atoms with Gasteiger partial charge in [0.25, 0.3) is 0 Å². The van der Waals surface area contributed by atoms with Crippen molar-refractivity contribution in [3.05, 3.63) is 33.8 Å². The molecular formula is C16H23Cl2N. The van der Waals surface area contributed by atoms with Crippen LogP contribution in [0.5, 0.6) is 0 Å². The molecule has 1 atom stereocenters. The zero-order valence-corrected chi connectivity index (χ0v) is 13.1. The fourth-order valence-electron chi connectivity index (χ4n) is 3.15. The second-order valence-corrected chi connectivity index (χ2v) is 6.43. The minimum Gasteiger partial charge on any atom is -0.316 e. The van der Waals surface area contributed by atoms with Gasteiger partial charge in [-0.1, -0.05) is 48.9 Å². The fourth-order valence-corrected chi connectivity index (χ4v) is 3.54. The van der Waals surface area contributed by atoms with E-state index in [9.17, 15) is 0 Å². The summed E-state index contributed by atoms with van der Waals surface area (Å²) in [6.45, 7) is 0. The largest absolute Gasteiger partial charge is 0.316 e. The van der Waals surface area contributed by atoms with Crippen molar-refractivity contribution in [3.63, 3.8) is 0 Å². The van der Waals surface area contributed by atoms with E-state index < -0.39 is 0 Å². The van der Waals surface area contributed by atoms with Crippen LogP contribution in [0.3, 0.4) is 0 Å². The highest BCUT2D eigenvalue weighted by atomic mass is 35.5. The third-order valence-electron chi connectivity index (χ3n) is 4.29. The summed E-state index contributed by atoms with van der Waals surface area (Å²) in [6, 6.07) is 6.27. The zero-order chi connectivity index (χ0) is 13.7. The van der Waals surface area contributed by atoms with E-state index in [0.717, 1.165) is 27.9 Å². The van der Waals surface area contributed by atoms with Gasteiger partial charge in [-0.25, -0.2) is 0 Å². The van der Waals surface area contributed by atoms with Gasteiger partial charge in [0.15, 0.2) is 0 Å². The standard InChI is InChI=1S/C16H23Cl2N/c1-19-16(12-6-4-2-3-5-7-12)11-13-10-14(17)8-9-15(13)18/h8-10,12,16,19H,2-7,11H2,1H3. The van der Waals surface area contributed by atoms with Crippen LogP contribution in [0.25, 0.3) is 0 Å². The highest BCUT2D eigenvalue weighted by molar-refractivity contribution is 6.33. The van der Waals surface area contributed by atoms with Crippen molar-refractivity contribution in [2.24, 2.45) is 5.92 Å². The van der Waals surface area contributed by atoms with Gasteiger partial charge in [0.1, 0.15) is 0 Å². The Morgan fingerprint density at radius 1 is 1.16 bits per heavy atom. The van der Waals surface area contributed by atoms with E-state index in [-0.39, 0.29) is 0 Å². The van der Waals surface area contributed by atoms with Gasteiger partial charge in [-0.3, -0.25) is 0 Å². The Hall–Kier alpha value is -0.240. The molecule has 1 saturated carbocycles.